The fraction of sp³-hybridized carbons (Fsp3) is 0.231. The third-order valence-corrected chi connectivity index (χ3v) is 2.26. The number of hydrogen-bond acceptors (Lipinski definition) is 4. The van der Waals surface area contributed by atoms with Gasteiger partial charge in [0.2, 0.25) is 0 Å². The summed E-state index contributed by atoms with van der Waals surface area (Å²) in [6.45, 7) is 5.41. The lowest BCUT2D eigenvalue weighted by Crippen LogP contribution is -2.13. The van der Waals surface area contributed by atoms with Crippen molar-refractivity contribution in [2.24, 2.45) is 0 Å². The minimum atomic E-state index is -1.12. The highest BCUT2D eigenvalue weighted by Gasteiger charge is 2.19. The molecule has 4 nitrogen and oxygen atoms in total. The van der Waals surface area contributed by atoms with Crippen molar-refractivity contribution in [2.45, 2.75) is 13.0 Å². The highest BCUT2D eigenvalue weighted by atomic mass is 16.5. The number of esters is 1. The molecule has 0 amide bonds. The van der Waals surface area contributed by atoms with Crippen molar-refractivity contribution in [3.63, 3.8) is 0 Å². The molecule has 1 N–H and O–H groups in total. The molecular weight excluding hydrogens is 220 g/mol. The van der Waals surface area contributed by atoms with E-state index in [-0.39, 0.29) is 12.2 Å². The fourth-order valence-corrected chi connectivity index (χ4v) is 1.29. The van der Waals surface area contributed by atoms with Gasteiger partial charge in [0.1, 0.15) is 12.4 Å². The molecule has 4 heteroatoms. The van der Waals surface area contributed by atoms with Gasteiger partial charge in [0, 0.05) is 5.56 Å². The van der Waals surface area contributed by atoms with Crippen LogP contribution >= 0.6 is 0 Å². The van der Waals surface area contributed by atoms with E-state index in [9.17, 15) is 14.7 Å². The zero-order chi connectivity index (χ0) is 12.8. The SMILES string of the molecule is C=C(C(=O)OCC)C(O)c1ccc(C=O)cc1. The van der Waals surface area contributed by atoms with Crippen molar-refractivity contribution in [3.05, 3.63) is 47.5 Å². The molecule has 0 saturated carbocycles. The van der Waals surface area contributed by atoms with Crippen molar-refractivity contribution in [1.82, 2.24) is 0 Å². The number of aliphatic hydroxyl groups excluding tert-OH is 1. The van der Waals surface area contributed by atoms with Gasteiger partial charge in [-0.1, -0.05) is 30.8 Å². The summed E-state index contributed by atoms with van der Waals surface area (Å²) in [4.78, 5) is 21.8. The monoisotopic (exact) mass is 234 g/mol. The normalized spacial score (nSPS) is 11.6. The number of carbonyl (C=O) groups is 2. The highest BCUT2D eigenvalue weighted by Crippen LogP contribution is 2.21. The van der Waals surface area contributed by atoms with Crippen LogP contribution in [0.15, 0.2) is 36.4 Å². The number of hydrogen-bond donors (Lipinski definition) is 1. The predicted octanol–water partition coefficient (Wildman–Crippen LogP) is 1.65. The maximum absolute atomic E-state index is 11.3. The molecule has 0 heterocycles. The van der Waals surface area contributed by atoms with E-state index in [1.807, 2.05) is 0 Å². The zero-order valence-electron chi connectivity index (χ0n) is 9.55. The third-order valence-electron chi connectivity index (χ3n) is 2.26. The maximum Gasteiger partial charge on any atom is 0.336 e. The number of aliphatic hydroxyl groups is 1. The molecular formula is C13H14O4. The Morgan fingerprint density at radius 1 is 1.47 bits per heavy atom. The summed E-state index contributed by atoms with van der Waals surface area (Å²) in [5, 5.41) is 9.86. The van der Waals surface area contributed by atoms with Crippen molar-refractivity contribution in [3.8, 4) is 0 Å². The second kappa shape index (κ2) is 5.96. The van der Waals surface area contributed by atoms with Crippen LogP contribution in [0.5, 0.6) is 0 Å². The summed E-state index contributed by atoms with van der Waals surface area (Å²) in [7, 11) is 0. The third kappa shape index (κ3) is 3.26. The Bertz CT molecular complexity index is 420. The molecule has 1 atom stereocenters. The summed E-state index contributed by atoms with van der Waals surface area (Å²) >= 11 is 0. The first-order chi connectivity index (χ1) is 8.10. The highest BCUT2D eigenvalue weighted by molar-refractivity contribution is 5.89. The van der Waals surface area contributed by atoms with Crippen LogP contribution in [0, 0.1) is 0 Å². The molecule has 0 aliphatic rings. The van der Waals surface area contributed by atoms with Crippen LogP contribution in [0.2, 0.25) is 0 Å². The van der Waals surface area contributed by atoms with Gasteiger partial charge in [0.15, 0.2) is 0 Å². The maximum atomic E-state index is 11.3. The smallest absolute Gasteiger partial charge is 0.336 e. The Morgan fingerprint density at radius 3 is 2.53 bits per heavy atom. The lowest BCUT2D eigenvalue weighted by molar-refractivity contribution is -0.139. The molecule has 0 aromatic heterocycles. The first-order valence-corrected chi connectivity index (χ1v) is 5.19. The zero-order valence-corrected chi connectivity index (χ0v) is 9.55. The van der Waals surface area contributed by atoms with Crippen LogP contribution in [0.25, 0.3) is 0 Å². The first kappa shape index (κ1) is 13.1. The Morgan fingerprint density at radius 2 is 2.06 bits per heavy atom. The molecule has 0 radical (unpaired) electrons. The van der Waals surface area contributed by atoms with Crippen molar-refractivity contribution >= 4 is 12.3 Å². The Balaban J connectivity index is 2.81. The molecule has 0 bridgehead atoms. The van der Waals surface area contributed by atoms with E-state index in [2.05, 4.69) is 6.58 Å². The van der Waals surface area contributed by atoms with Gasteiger partial charge in [0.05, 0.1) is 12.2 Å². The Labute approximate surface area is 99.5 Å². The number of ether oxygens (including phenoxy) is 1. The van der Waals surface area contributed by atoms with E-state index in [0.717, 1.165) is 0 Å². The number of carbonyl (C=O) groups excluding carboxylic acids is 2. The second-order valence-electron chi connectivity index (χ2n) is 3.43. The fourth-order valence-electron chi connectivity index (χ4n) is 1.29. The van der Waals surface area contributed by atoms with Crippen LogP contribution in [0.4, 0.5) is 0 Å². The first-order valence-electron chi connectivity index (χ1n) is 5.19. The Kier molecular flexibility index (Phi) is 4.60. The quantitative estimate of drug-likeness (QED) is 0.478. The van der Waals surface area contributed by atoms with Crippen LogP contribution in [-0.4, -0.2) is 24.0 Å². The molecule has 17 heavy (non-hydrogen) atoms. The molecule has 90 valence electrons. The summed E-state index contributed by atoms with van der Waals surface area (Å²) < 4.78 is 4.74. The number of benzene rings is 1. The van der Waals surface area contributed by atoms with Crippen LogP contribution in [0.1, 0.15) is 28.9 Å². The summed E-state index contributed by atoms with van der Waals surface area (Å²) in [6.07, 6.45) is -0.411. The van der Waals surface area contributed by atoms with E-state index < -0.39 is 12.1 Å². The molecule has 1 unspecified atom stereocenters. The van der Waals surface area contributed by atoms with Gasteiger partial charge in [-0.3, -0.25) is 4.79 Å². The summed E-state index contributed by atoms with van der Waals surface area (Å²) in [5.41, 5.74) is 0.974. The van der Waals surface area contributed by atoms with Gasteiger partial charge in [-0.25, -0.2) is 4.79 Å². The van der Waals surface area contributed by atoms with E-state index in [1.165, 1.54) is 0 Å². The molecule has 0 spiro atoms. The number of aldehydes is 1. The van der Waals surface area contributed by atoms with Gasteiger partial charge < -0.3 is 9.84 Å². The molecule has 1 aromatic carbocycles. The lowest BCUT2D eigenvalue weighted by atomic mass is 10.0. The second-order valence-corrected chi connectivity index (χ2v) is 3.43. The van der Waals surface area contributed by atoms with Crippen LogP contribution in [0.3, 0.4) is 0 Å². The van der Waals surface area contributed by atoms with E-state index in [4.69, 9.17) is 4.74 Å². The molecule has 0 aliphatic heterocycles. The average Bonchev–Trinajstić information content (AvgIpc) is 2.37. The summed E-state index contributed by atoms with van der Waals surface area (Å²) in [5.74, 6) is -0.625. The van der Waals surface area contributed by atoms with Gasteiger partial charge in [-0.05, 0) is 12.5 Å². The number of rotatable bonds is 5. The van der Waals surface area contributed by atoms with E-state index in [1.54, 1.807) is 31.2 Å². The topological polar surface area (TPSA) is 63.6 Å². The average molecular weight is 234 g/mol. The van der Waals surface area contributed by atoms with Gasteiger partial charge in [0.25, 0.3) is 0 Å². The van der Waals surface area contributed by atoms with Crippen LogP contribution < -0.4 is 0 Å². The van der Waals surface area contributed by atoms with E-state index in [0.29, 0.717) is 17.4 Å². The predicted molar refractivity (Wildman–Crippen MR) is 62.6 cm³/mol. The molecule has 0 fully saturated rings. The molecule has 1 rings (SSSR count). The van der Waals surface area contributed by atoms with E-state index >= 15 is 0 Å². The molecule has 1 aromatic rings. The van der Waals surface area contributed by atoms with Crippen LogP contribution in [-0.2, 0) is 9.53 Å². The summed E-state index contributed by atoms with van der Waals surface area (Å²) in [6, 6.07) is 6.26. The Hall–Kier alpha value is -1.94. The largest absolute Gasteiger partial charge is 0.463 e. The molecule has 0 aliphatic carbocycles. The minimum Gasteiger partial charge on any atom is -0.463 e. The van der Waals surface area contributed by atoms with Crippen molar-refractivity contribution < 1.29 is 19.4 Å². The van der Waals surface area contributed by atoms with Gasteiger partial charge in [-0.15, -0.1) is 0 Å². The lowest BCUT2D eigenvalue weighted by Gasteiger charge is -2.12. The van der Waals surface area contributed by atoms with Crippen molar-refractivity contribution in [2.75, 3.05) is 6.61 Å². The molecule has 0 saturated heterocycles. The standard InChI is InChI=1S/C13H14O4/c1-3-17-13(16)9(2)12(15)11-6-4-10(8-14)5-7-11/h4-8,12,15H,2-3H2,1H3. The van der Waals surface area contributed by atoms with Gasteiger partial charge >= 0.3 is 5.97 Å². The van der Waals surface area contributed by atoms with Gasteiger partial charge in [-0.2, -0.15) is 0 Å². The minimum absolute atomic E-state index is 0.0225. The van der Waals surface area contributed by atoms with Crippen molar-refractivity contribution in [1.29, 1.82) is 0 Å².